The maximum Gasteiger partial charge on any atom is 0.433 e. The number of benzene rings is 1. The van der Waals surface area contributed by atoms with E-state index < -0.39 is 22.5 Å². The normalized spacial score (nSPS) is 11.4. The molecule has 5 nitrogen and oxygen atoms in total. The number of aryl methyl sites for hydroxylation is 1. The lowest BCUT2D eigenvalue weighted by Gasteiger charge is -2.12. The standard InChI is InChI=1S/C13H11F3N2O3/c1-8-2-3-9(13(14,15)16)6-11(8)17-7-10-4-5-12(21-10)18(19)20/h2-6,17H,7H2,1H3. The average molecular weight is 300 g/mol. The molecule has 0 radical (unpaired) electrons. The molecule has 0 atom stereocenters. The van der Waals surface area contributed by atoms with Gasteiger partial charge in [-0.05, 0) is 30.7 Å². The van der Waals surface area contributed by atoms with Crippen molar-refractivity contribution in [2.24, 2.45) is 0 Å². The topological polar surface area (TPSA) is 68.3 Å². The minimum Gasteiger partial charge on any atom is -0.404 e. The SMILES string of the molecule is Cc1ccc(C(F)(F)F)cc1NCc1ccc([N+](=O)[O-])o1. The molecule has 0 aliphatic rings. The smallest absolute Gasteiger partial charge is 0.404 e. The molecule has 0 amide bonds. The number of rotatable bonds is 4. The summed E-state index contributed by atoms with van der Waals surface area (Å²) in [5.41, 5.74) is 0.161. The number of halogens is 3. The number of nitro groups is 1. The van der Waals surface area contributed by atoms with Gasteiger partial charge in [0.2, 0.25) is 0 Å². The molecule has 1 heterocycles. The molecule has 0 bridgehead atoms. The third-order valence-electron chi connectivity index (χ3n) is 2.85. The number of anilines is 1. The molecule has 2 aromatic rings. The number of hydrogen-bond acceptors (Lipinski definition) is 4. The molecule has 1 aromatic heterocycles. The van der Waals surface area contributed by atoms with Crippen LogP contribution in [0.3, 0.4) is 0 Å². The molecule has 0 spiro atoms. The van der Waals surface area contributed by atoms with Crippen molar-refractivity contribution < 1.29 is 22.5 Å². The van der Waals surface area contributed by atoms with Crippen LogP contribution < -0.4 is 5.32 Å². The van der Waals surface area contributed by atoms with Crippen LogP contribution in [-0.4, -0.2) is 4.92 Å². The first-order valence-electron chi connectivity index (χ1n) is 5.92. The van der Waals surface area contributed by atoms with E-state index in [1.165, 1.54) is 18.2 Å². The molecular weight excluding hydrogens is 289 g/mol. The van der Waals surface area contributed by atoms with E-state index in [0.717, 1.165) is 12.1 Å². The van der Waals surface area contributed by atoms with Gasteiger partial charge in [-0.2, -0.15) is 13.2 Å². The molecule has 0 unspecified atom stereocenters. The van der Waals surface area contributed by atoms with Gasteiger partial charge in [-0.1, -0.05) is 6.07 Å². The summed E-state index contributed by atoms with van der Waals surface area (Å²) in [5.74, 6) is -0.147. The van der Waals surface area contributed by atoms with Crippen LogP contribution in [0.2, 0.25) is 0 Å². The predicted octanol–water partition coefficient (Wildman–Crippen LogP) is 4.13. The number of furan rings is 1. The van der Waals surface area contributed by atoms with Gasteiger partial charge in [-0.25, -0.2) is 0 Å². The fourth-order valence-corrected chi connectivity index (χ4v) is 1.73. The largest absolute Gasteiger partial charge is 0.433 e. The van der Waals surface area contributed by atoms with E-state index in [1.807, 2.05) is 0 Å². The Bertz CT molecular complexity index is 665. The van der Waals surface area contributed by atoms with Gasteiger partial charge in [-0.3, -0.25) is 10.1 Å². The minimum absolute atomic E-state index is 0.0516. The maximum atomic E-state index is 12.6. The second-order valence-electron chi connectivity index (χ2n) is 4.38. The van der Waals surface area contributed by atoms with E-state index in [2.05, 4.69) is 5.32 Å². The molecule has 1 aromatic carbocycles. The summed E-state index contributed by atoms with van der Waals surface area (Å²) in [5, 5.41) is 13.2. The lowest BCUT2D eigenvalue weighted by atomic mass is 10.1. The first-order valence-corrected chi connectivity index (χ1v) is 5.92. The summed E-state index contributed by atoms with van der Waals surface area (Å²) in [6, 6.07) is 5.94. The van der Waals surface area contributed by atoms with E-state index in [1.54, 1.807) is 6.92 Å². The van der Waals surface area contributed by atoms with E-state index in [-0.39, 0.29) is 12.3 Å². The highest BCUT2D eigenvalue weighted by molar-refractivity contribution is 5.53. The highest BCUT2D eigenvalue weighted by Crippen LogP contribution is 2.32. The zero-order chi connectivity index (χ0) is 15.6. The highest BCUT2D eigenvalue weighted by Gasteiger charge is 2.30. The lowest BCUT2D eigenvalue weighted by Crippen LogP contribution is -2.07. The number of nitrogens with one attached hydrogen (secondary N) is 1. The Labute approximate surface area is 117 Å². The summed E-state index contributed by atoms with van der Waals surface area (Å²) in [6.45, 7) is 1.71. The first kappa shape index (κ1) is 14.9. The highest BCUT2D eigenvalue weighted by atomic mass is 19.4. The fraction of sp³-hybridized carbons (Fsp3) is 0.231. The monoisotopic (exact) mass is 300 g/mol. The van der Waals surface area contributed by atoms with Crippen molar-refractivity contribution in [3.05, 3.63) is 57.3 Å². The van der Waals surface area contributed by atoms with Gasteiger partial charge in [0.05, 0.1) is 18.2 Å². The van der Waals surface area contributed by atoms with Gasteiger partial charge < -0.3 is 9.73 Å². The summed E-state index contributed by atoms with van der Waals surface area (Å²) < 4.78 is 42.8. The van der Waals surface area contributed by atoms with Crippen LogP contribution in [0.15, 0.2) is 34.7 Å². The molecule has 0 aliphatic carbocycles. The van der Waals surface area contributed by atoms with Crippen LogP contribution in [0.5, 0.6) is 0 Å². The summed E-state index contributed by atoms with van der Waals surface area (Å²) in [4.78, 5) is 9.78. The number of nitrogens with zero attached hydrogens (tertiary/aromatic N) is 1. The third-order valence-corrected chi connectivity index (χ3v) is 2.85. The Morgan fingerprint density at radius 1 is 1.29 bits per heavy atom. The zero-order valence-electron chi connectivity index (χ0n) is 10.9. The molecule has 0 aliphatic heterocycles. The van der Waals surface area contributed by atoms with Crippen LogP contribution in [0.1, 0.15) is 16.9 Å². The van der Waals surface area contributed by atoms with Crippen LogP contribution >= 0.6 is 0 Å². The molecule has 21 heavy (non-hydrogen) atoms. The molecule has 0 saturated carbocycles. The second-order valence-corrected chi connectivity index (χ2v) is 4.38. The molecule has 0 fully saturated rings. The van der Waals surface area contributed by atoms with Crippen molar-refractivity contribution in [3.63, 3.8) is 0 Å². The van der Waals surface area contributed by atoms with Crippen LogP contribution in [-0.2, 0) is 12.7 Å². The average Bonchev–Trinajstić information content (AvgIpc) is 2.85. The van der Waals surface area contributed by atoms with Gasteiger partial charge in [0.1, 0.15) is 10.7 Å². The molecule has 8 heteroatoms. The molecule has 1 N–H and O–H groups in total. The lowest BCUT2D eigenvalue weighted by molar-refractivity contribution is -0.402. The Kier molecular flexibility index (Phi) is 3.88. The number of hydrogen-bond donors (Lipinski definition) is 1. The van der Waals surface area contributed by atoms with E-state index in [9.17, 15) is 23.3 Å². The van der Waals surface area contributed by atoms with Crippen molar-refractivity contribution in [2.75, 3.05) is 5.32 Å². The van der Waals surface area contributed by atoms with E-state index in [0.29, 0.717) is 11.3 Å². The van der Waals surface area contributed by atoms with Crippen molar-refractivity contribution >= 4 is 11.6 Å². The Hall–Kier alpha value is -2.51. The van der Waals surface area contributed by atoms with Crippen molar-refractivity contribution in [1.82, 2.24) is 0 Å². The van der Waals surface area contributed by atoms with Gasteiger partial charge in [-0.15, -0.1) is 0 Å². The maximum absolute atomic E-state index is 12.6. The molecule has 2 rings (SSSR count). The molecule has 112 valence electrons. The van der Waals surface area contributed by atoms with Crippen molar-refractivity contribution in [2.45, 2.75) is 19.6 Å². The van der Waals surface area contributed by atoms with Gasteiger partial charge in [0, 0.05) is 5.69 Å². The zero-order valence-corrected chi connectivity index (χ0v) is 10.9. The third kappa shape index (κ3) is 3.53. The van der Waals surface area contributed by atoms with Gasteiger partial charge in [0.15, 0.2) is 0 Å². The summed E-state index contributed by atoms with van der Waals surface area (Å²) >= 11 is 0. The van der Waals surface area contributed by atoms with Crippen LogP contribution in [0, 0.1) is 17.0 Å². The Morgan fingerprint density at radius 2 is 2.00 bits per heavy atom. The summed E-state index contributed by atoms with van der Waals surface area (Å²) in [6.07, 6.45) is -4.42. The van der Waals surface area contributed by atoms with Crippen molar-refractivity contribution in [3.8, 4) is 0 Å². The van der Waals surface area contributed by atoms with Crippen LogP contribution in [0.25, 0.3) is 0 Å². The van der Waals surface area contributed by atoms with Gasteiger partial charge in [0.25, 0.3) is 0 Å². The van der Waals surface area contributed by atoms with Crippen LogP contribution in [0.4, 0.5) is 24.7 Å². The van der Waals surface area contributed by atoms with Crippen molar-refractivity contribution in [1.29, 1.82) is 0 Å². The number of alkyl halides is 3. The fourth-order valence-electron chi connectivity index (χ4n) is 1.73. The minimum atomic E-state index is -4.42. The van der Waals surface area contributed by atoms with Gasteiger partial charge >= 0.3 is 12.1 Å². The van der Waals surface area contributed by atoms with E-state index >= 15 is 0 Å². The van der Waals surface area contributed by atoms with E-state index in [4.69, 9.17) is 4.42 Å². The summed E-state index contributed by atoms with van der Waals surface area (Å²) in [7, 11) is 0. The molecular formula is C13H11F3N2O3. The molecule has 0 saturated heterocycles. The quantitative estimate of drug-likeness (QED) is 0.681. The predicted molar refractivity (Wildman–Crippen MR) is 68.9 cm³/mol. The Balaban J connectivity index is 2.13. The first-order chi connectivity index (χ1) is 9.77. The second kappa shape index (κ2) is 5.47. The Morgan fingerprint density at radius 3 is 2.57 bits per heavy atom.